The maximum absolute atomic E-state index is 5.14. The highest BCUT2D eigenvalue weighted by atomic mass is 32.1. The van der Waals surface area contributed by atoms with Gasteiger partial charge in [-0.3, -0.25) is 0 Å². The molecule has 2 heterocycles. The molecule has 0 saturated carbocycles. The van der Waals surface area contributed by atoms with Crippen LogP contribution in [0.5, 0.6) is 5.88 Å². The van der Waals surface area contributed by atoms with E-state index in [2.05, 4.69) is 34.7 Å². The zero-order chi connectivity index (χ0) is 12.8. The summed E-state index contributed by atoms with van der Waals surface area (Å²) in [6.45, 7) is 2.20. The Morgan fingerprint density at radius 2 is 2.22 bits per heavy atom. The number of anilines is 1. The van der Waals surface area contributed by atoms with E-state index in [1.807, 2.05) is 18.2 Å². The van der Waals surface area contributed by atoms with Gasteiger partial charge in [0.15, 0.2) is 0 Å². The summed E-state index contributed by atoms with van der Waals surface area (Å²) in [5, 5.41) is 5.59. The second-order valence-electron chi connectivity index (χ2n) is 4.07. The number of ether oxygens (including phenoxy) is 1. The topological polar surface area (TPSA) is 34.1 Å². The zero-order valence-corrected chi connectivity index (χ0v) is 11.5. The standard InChI is InChI=1S/C14H18N2OS/c1-3-6-11(12-7-5-10-18-12)15-13-8-4-9-14(16-13)17-2/h4-5,7-11H,3,6H2,1-2H3,(H,15,16). The summed E-state index contributed by atoms with van der Waals surface area (Å²) in [5.41, 5.74) is 0. The molecule has 0 spiro atoms. The Balaban J connectivity index is 2.13. The van der Waals surface area contributed by atoms with E-state index >= 15 is 0 Å². The monoisotopic (exact) mass is 262 g/mol. The normalized spacial score (nSPS) is 12.1. The van der Waals surface area contributed by atoms with E-state index in [1.54, 1.807) is 18.4 Å². The fourth-order valence-electron chi connectivity index (χ4n) is 1.85. The second kappa shape index (κ2) is 6.40. The fourth-order valence-corrected chi connectivity index (χ4v) is 2.66. The number of nitrogens with one attached hydrogen (secondary N) is 1. The average molecular weight is 262 g/mol. The van der Waals surface area contributed by atoms with Gasteiger partial charge in [-0.2, -0.15) is 4.98 Å². The Hall–Kier alpha value is -1.55. The minimum absolute atomic E-state index is 0.328. The lowest BCUT2D eigenvalue weighted by Gasteiger charge is -2.17. The first kappa shape index (κ1) is 12.9. The van der Waals surface area contributed by atoms with Gasteiger partial charge in [-0.1, -0.05) is 25.5 Å². The molecular weight excluding hydrogens is 244 g/mol. The smallest absolute Gasteiger partial charge is 0.214 e. The third kappa shape index (κ3) is 3.23. The van der Waals surface area contributed by atoms with Crippen molar-refractivity contribution in [1.82, 2.24) is 4.98 Å². The Morgan fingerprint density at radius 3 is 2.89 bits per heavy atom. The summed E-state index contributed by atoms with van der Waals surface area (Å²) >= 11 is 1.78. The molecule has 0 aromatic carbocycles. The molecule has 2 aromatic heterocycles. The average Bonchev–Trinajstić information content (AvgIpc) is 2.92. The van der Waals surface area contributed by atoms with Crippen LogP contribution in [0, 0.1) is 0 Å². The molecule has 2 rings (SSSR count). The molecule has 3 nitrogen and oxygen atoms in total. The highest BCUT2D eigenvalue weighted by Crippen LogP contribution is 2.27. The number of hydrogen-bond donors (Lipinski definition) is 1. The number of methoxy groups -OCH3 is 1. The Kier molecular flexibility index (Phi) is 4.59. The van der Waals surface area contributed by atoms with Gasteiger partial charge < -0.3 is 10.1 Å². The third-order valence-corrected chi connectivity index (χ3v) is 3.70. The van der Waals surface area contributed by atoms with Crippen LogP contribution in [0.4, 0.5) is 5.82 Å². The van der Waals surface area contributed by atoms with Crippen molar-refractivity contribution in [2.24, 2.45) is 0 Å². The highest BCUT2D eigenvalue weighted by Gasteiger charge is 2.12. The molecule has 0 fully saturated rings. The van der Waals surface area contributed by atoms with Gasteiger partial charge in [-0.25, -0.2) is 0 Å². The maximum Gasteiger partial charge on any atom is 0.214 e. The van der Waals surface area contributed by atoms with E-state index in [-0.39, 0.29) is 0 Å². The lowest BCUT2D eigenvalue weighted by Crippen LogP contribution is -2.10. The molecule has 0 bridgehead atoms. The predicted molar refractivity (Wildman–Crippen MR) is 76.4 cm³/mol. The van der Waals surface area contributed by atoms with E-state index in [4.69, 9.17) is 4.74 Å². The van der Waals surface area contributed by atoms with E-state index < -0.39 is 0 Å². The number of thiophene rings is 1. The molecule has 4 heteroatoms. The van der Waals surface area contributed by atoms with Gasteiger partial charge in [0, 0.05) is 10.9 Å². The van der Waals surface area contributed by atoms with Gasteiger partial charge in [0.05, 0.1) is 13.2 Å². The van der Waals surface area contributed by atoms with Gasteiger partial charge in [0.1, 0.15) is 5.82 Å². The van der Waals surface area contributed by atoms with Gasteiger partial charge in [0.2, 0.25) is 5.88 Å². The molecule has 96 valence electrons. The van der Waals surface area contributed by atoms with E-state index in [9.17, 15) is 0 Å². The van der Waals surface area contributed by atoms with Gasteiger partial charge in [-0.15, -0.1) is 11.3 Å². The molecule has 0 aliphatic rings. The van der Waals surface area contributed by atoms with Crippen molar-refractivity contribution in [2.75, 3.05) is 12.4 Å². The Morgan fingerprint density at radius 1 is 1.33 bits per heavy atom. The van der Waals surface area contributed by atoms with Gasteiger partial charge in [0.25, 0.3) is 0 Å². The summed E-state index contributed by atoms with van der Waals surface area (Å²) in [4.78, 5) is 5.74. The third-order valence-electron chi connectivity index (χ3n) is 2.72. The summed E-state index contributed by atoms with van der Waals surface area (Å²) in [5.74, 6) is 1.50. The predicted octanol–water partition coefficient (Wildman–Crippen LogP) is 4.11. The van der Waals surface area contributed by atoms with Crippen molar-refractivity contribution < 1.29 is 4.74 Å². The molecule has 0 amide bonds. The van der Waals surface area contributed by atoms with E-state index in [0.717, 1.165) is 18.7 Å². The number of hydrogen-bond acceptors (Lipinski definition) is 4. The van der Waals surface area contributed by atoms with Crippen LogP contribution in [-0.4, -0.2) is 12.1 Å². The lowest BCUT2D eigenvalue weighted by atomic mass is 10.1. The second-order valence-corrected chi connectivity index (χ2v) is 5.05. The van der Waals surface area contributed by atoms with Crippen molar-refractivity contribution in [3.63, 3.8) is 0 Å². The summed E-state index contributed by atoms with van der Waals surface area (Å²) in [7, 11) is 1.63. The molecule has 0 aliphatic heterocycles. The molecule has 1 N–H and O–H groups in total. The summed E-state index contributed by atoms with van der Waals surface area (Å²) in [6.07, 6.45) is 2.24. The van der Waals surface area contributed by atoms with Crippen LogP contribution in [0.3, 0.4) is 0 Å². The molecule has 18 heavy (non-hydrogen) atoms. The first-order valence-corrected chi connectivity index (χ1v) is 7.02. The van der Waals surface area contributed by atoms with Crippen molar-refractivity contribution in [2.45, 2.75) is 25.8 Å². The van der Waals surface area contributed by atoms with Crippen LogP contribution in [0.25, 0.3) is 0 Å². The number of nitrogens with zero attached hydrogens (tertiary/aromatic N) is 1. The molecule has 2 aromatic rings. The highest BCUT2D eigenvalue weighted by molar-refractivity contribution is 7.10. The SMILES string of the molecule is CCCC(Nc1cccc(OC)n1)c1cccs1. The Bertz CT molecular complexity index is 470. The van der Waals surface area contributed by atoms with Crippen molar-refractivity contribution >= 4 is 17.2 Å². The number of pyridine rings is 1. The summed E-state index contributed by atoms with van der Waals surface area (Å²) < 4.78 is 5.14. The largest absolute Gasteiger partial charge is 0.481 e. The Labute approximate surface area is 112 Å². The van der Waals surface area contributed by atoms with Crippen LogP contribution in [-0.2, 0) is 0 Å². The minimum atomic E-state index is 0.328. The van der Waals surface area contributed by atoms with Crippen LogP contribution in [0.2, 0.25) is 0 Å². The van der Waals surface area contributed by atoms with Crippen molar-refractivity contribution in [3.8, 4) is 5.88 Å². The quantitative estimate of drug-likeness (QED) is 0.851. The number of rotatable bonds is 6. The van der Waals surface area contributed by atoms with Crippen molar-refractivity contribution in [1.29, 1.82) is 0 Å². The minimum Gasteiger partial charge on any atom is -0.481 e. The fraction of sp³-hybridized carbons (Fsp3) is 0.357. The van der Waals surface area contributed by atoms with Crippen molar-refractivity contribution in [3.05, 3.63) is 40.6 Å². The van der Waals surface area contributed by atoms with Crippen LogP contribution in [0.15, 0.2) is 35.7 Å². The van der Waals surface area contributed by atoms with E-state index in [1.165, 1.54) is 4.88 Å². The molecule has 0 saturated heterocycles. The molecular formula is C14H18N2OS. The van der Waals surface area contributed by atoms with Crippen LogP contribution in [0.1, 0.15) is 30.7 Å². The molecule has 1 atom stereocenters. The van der Waals surface area contributed by atoms with Gasteiger partial charge >= 0.3 is 0 Å². The first-order chi connectivity index (χ1) is 8.83. The molecule has 1 unspecified atom stereocenters. The first-order valence-electron chi connectivity index (χ1n) is 6.14. The number of aromatic nitrogens is 1. The van der Waals surface area contributed by atoms with E-state index in [0.29, 0.717) is 11.9 Å². The van der Waals surface area contributed by atoms with Crippen LogP contribution < -0.4 is 10.1 Å². The summed E-state index contributed by atoms with van der Waals surface area (Å²) in [6, 6.07) is 10.4. The van der Waals surface area contributed by atoms with Gasteiger partial charge in [-0.05, 0) is 23.9 Å². The zero-order valence-electron chi connectivity index (χ0n) is 10.7. The molecule has 0 aliphatic carbocycles. The lowest BCUT2D eigenvalue weighted by molar-refractivity contribution is 0.398. The van der Waals surface area contributed by atoms with Crippen LogP contribution >= 0.6 is 11.3 Å². The maximum atomic E-state index is 5.14. The molecule has 0 radical (unpaired) electrons.